The molecule has 0 amide bonds. The zero-order chi connectivity index (χ0) is 34.9. The van der Waals surface area contributed by atoms with Crippen molar-refractivity contribution < 1.29 is 8.42 Å². The number of sulfone groups is 1. The largest absolute Gasteiger partial charge is 0.372 e. The molecule has 0 aliphatic carbocycles. The third kappa shape index (κ3) is 11.3. The average Bonchev–Trinajstić information content (AvgIpc) is 3.14. The molecule has 49 heavy (non-hydrogen) atoms. The van der Waals surface area contributed by atoms with Gasteiger partial charge in [-0.2, -0.15) is 20.5 Å². The molecule has 0 atom stereocenters. The molecule has 8 nitrogen and oxygen atoms in total. The van der Waals surface area contributed by atoms with Gasteiger partial charge < -0.3 is 9.80 Å². The van der Waals surface area contributed by atoms with E-state index in [2.05, 4.69) is 70.1 Å². The second-order valence-electron chi connectivity index (χ2n) is 12.2. The van der Waals surface area contributed by atoms with Gasteiger partial charge in [-0.1, -0.05) is 52.4 Å². The van der Waals surface area contributed by atoms with Crippen molar-refractivity contribution in [3.63, 3.8) is 0 Å². The van der Waals surface area contributed by atoms with Gasteiger partial charge in [0, 0.05) is 37.6 Å². The van der Waals surface area contributed by atoms with E-state index in [0.29, 0.717) is 11.4 Å². The van der Waals surface area contributed by atoms with Crippen molar-refractivity contribution in [2.45, 2.75) is 88.9 Å². The topological polar surface area (TPSA) is 90.1 Å². The molecule has 0 aliphatic rings. The second-order valence-corrected chi connectivity index (χ2v) is 14.2. The van der Waals surface area contributed by atoms with Gasteiger partial charge in [0.2, 0.25) is 9.84 Å². The Kier molecular flexibility index (Phi) is 15.0. The summed E-state index contributed by atoms with van der Waals surface area (Å²) in [6.45, 7) is 12.8. The van der Waals surface area contributed by atoms with Gasteiger partial charge in [-0.05, 0) is 124 Å². The maximum Gasteiger partial charge on any atom is 0.206 e. The minimum Gasteiger partial charge on any atom is -0.372 e. The normalized spacial score (nSPS) is 11.8. The molecule has 0 saturated carbocycles. The molecule has 4 aromatic carbocycles. The van der Waals surface area contributed by atoms with Crippen LogP contribution < -0.4 is 9.80 Å². The summed E-state index contributed by atoms with van der Waals surface area (Å²) in [6, 6.07) is 29.1. The van der Waals surface area contributed by atoms with E-state index in [1.165, 1.54) is 57.1 Å². The lowest BCUT2D eigenvalue weighted by atomic mass is 10.1. The molecule has 260 valence electrons. The summed E-state index contributed by atoms with van der Waals surface area (Å²) in [4.78, 5) is 5.14. The van der Waals surface area contributed by atoms with Crippen LogP contribution >= 0.6 is 0 Å². The Morgan fingerprint density at radius 1 is 0.429 bits per heavy atom. The van der Waals surface area contributed by atoms with Crippen LogP contribution in [0, 0.1) is 0 Å². The lowest BCUT2D eigenvalue weighted by Crippen LogP contribution is -2.25. The molecule has 0 heterocycles. The predicted octanol–water partition coefficient (Wildman–Crippen LogP) is 12.2. The molecule has 0 radical (unpaired) electrons. The number of azo groups is 2. The molecule has 0 aromatic heterocycles. The molecule has 9 heteroatoms. The first-order valence-corrected chi connectivity index (χ1v) is 19.3. The minimum atomic E-state index is -3.71. The SMILES string of the molecule is CCCCCCN(CCCCCC)c1ccc(N=Nc2ccc(S(=O)(=O)c3ccc(N=Nc4ccc(N(CC)CC)cc4)cc3)cc2)cc1. The van der Waals surface area contributed by atoms with Crippen molar-refractivity contribution in [3.05, 3.63) is 97.1 Å². The Hall–Kier alpha value is -4.37. The number of rotatable bonds is 20. The van der Waals surface area contributed by atoms with Crippen LogP contribution in [-0.4, -0.2) is 34.6 Å². The Morgan fingerprint density at radius 2 is 0.755 bits per heavy atom. The van der Waals surface area contributed by atoms with Gasteiger partial charge in [0.05, 0.1) is 32.5 Å². The summed E-state index contributed by atoms with van der Waals surface area (Å²) in [5, 5.41) is 17.4. The van der Waals surface area contributed by atoms with Crippen LogP contribution in [0.3, 0.4) is 0 Å². The van der Waals surface area contributed by atoms with Crippen molar-refractivity contribution in [1.29, 1.82) is 0 Å². The van der Waals surface area contributed by atoms with Crippen molar-refractivity contribution in [2.24, 2.45) is 20.5 Å². The fraction of sp³-hybridized carbons (Fsp3) is 0.400. The van der Waals surface area contributed by atoms with E-state index in [1.807, 2.05) is 36.4 Å². The van der Waals surface area contributed by atoms with E-state index in [9.17, 15) is 8.42 Å². The fourth-order valence-electron chi connectivity index (χ4n) is 5.63. The number of benzene rings is 4. The van der Waals surface area contributed by atoms with E-state index in [0.717, 1.165) is 43.2 Å². The monoisotopic (exact) mass is 680 g/mol. The molecular weight excluding hydrogens is 629 g/mol. The van der Waals surface area contributed by atoms with E-state index < -0.39 is 9.84 Å². The maximum absolute atomic E-state index is 13.3. The third-order valence-corrected chi connectivity index (χ3v) is 10.4. The highest BCUT2D eigenvalue weighted by molar-refractivity contribution is 7.91. The van der Waals surface area contributed by atoms with E-state index >= 15 is 0 Å². The van der Waals surface area contributed by atoms with Crippen molar-refractivity contribution in [1.82, 2.24) is 0 Å². The smallest absolute Gasteiger partial charge is 0.206 e. The minimum absolute atomic E-state index is 0.189. The number of hydrogen-bond donors (Lipinski definition) is 0. The van der Waals surface area contributed by atoms with Crippen LogP contribution in [0.15, 0.2) is 127 Å². The zero-order valence-corrected chi connectivity index (χ0v) is 30.4. The molecule has 0 fully saturated rings. The molecule has 4 aromatic rings. The predicted molar refractivity (Wildman–Crippen MR) is 204 cm³/mol. The molecular formula is C40H52N6O2S. The molecule has 0 bridgehead atoms. The van der Waals surface area contributed by atoms with Crippen LogP contribution in [-0.2, 0) is 9.84 Å². The third-order valence-electron chi connectivity index (χ3n) is 8.61. The first kappa shape index (κ1) is 37.4. The summed E-state index contributed by atoms with van der Waals surface area (Å²) in [5.74, 6) is 0. The van der Waals surface area contributed by atoms with E-state index in [1.54, 1.807) is 48.5 Å². The number of unbranched alkanes of at least 4 members (excludes halogenated alkanes) is 6. The first-order chi connectivity index (χ1) is 23.9. The fourth-order valence-corrected chi connectivity index (χ4v) is 6.89. The maximum atomic E-state index is 13.3. The van der Waals surface area contributed by atoms with Gasteiger partial charge in [-0.3, -0.25) is 0 Å². The molecule has 0 unspecified atom stereocenters. The van der Waals surface area contributed by atoms with Gasteiger partial charge in [0.1, 0.15) is 0 Å². The summed E-state index contributed by atoms with van der Waals surface area (Å²) < 4.78 is 26.6. The summed E-state index contributed by atoms with van der Waals surface area (Å²) in [7, 11) is -3.71. The zero-order valence-electron chi connectivity index (χ0n) is 29.6. The second kappa shape index (κ2) is 19.6. The van der Waals surface area contributed by atoms with Crippen LogP contribution in [0.5, 0.6) is 0 Å². The Balaban J connectivity index is 1.35. The summed E-state index contributed by atoms with van der Waals surface area (Å²) in [6.07, 6.45) is 9.99. The Morgan fingerprint density at radius 3 is 1.08 bits per heavy atom. The van der Waals surface area contributed by atoms with E-state index in [4.69, 9.17) is 0 Å². The van der Waals surface area contributed by atoms with Crippen LogP contribution in [0.1, 0.15) is 79.1 Å². The summed E-state index contributed by atoms with van der Waals surface area (Å²) >= 11 is 0. The van der Waals surface area contributed by atoms with Gasteiger partial charge in [-0.25, -0.2) is 8.42 Å². The van der Waals surface area contributed by atoms with Crippen molar-refractivity contribution in [3.8, 4) is 0 Å². The van der Waals surface area contributed by atoms with Crippen LogP contribution in [0.4, 0.5) is 34.1 Å². The summed E-state index contributed by atoms with van der Waals surface area (Å²) in [5.41, 5.74) is 5.00. The lowest BCUT2D eigenvalue weighted by Gasteiger charge is -2.25. The standard InChI is InChI=1S/C40H52N6O2S/c1-5-9-11-13-31-46(32-14-12-10-6-2)38-25-17-34(18-26-38)42-44-36-21-29-40(30-22-36)49(47,48)39-27-19-35(20-28-39)43-41-33-15-23-37(24-16-33)45(7-3)8-4/h15-30H,5-14,31-32H2,1-4H3. The van der Waals surface area contributed by atoms with Crippen LogP contribution in [0.2, 0.25) is 0 Å². The highest BCUT2D eigenvalue weighted by Gasteiger charge is 2.17. The lowest BCUT2D eigenvalue weighted by molar-refractivity contribution is 0.596. The highest BCUT2D eigenvalue weighted by atomic mass is 32.2. The van der Waals surface area contributed by atoms with Gasteiger partial charge >= 0.3 is 0 Å². The van der Waals surface area contributed by atoms with Crippen molar-refractivity contribution >= 4 is 44.0 Å². The van der Waals surface area contributed by atoms with Crippen LogP contribution in [0.25, 0.3) is 0 Å². The van der Waals surface area contributed by atoms with E-state index in [-0.39, 0.29) is 9.79 Å². The molecule has 0 aliphatic heterocycles. The molecule has 0 saturated heterocycles. The van der Waals surface area contributed by atoms with Gasteiger partial charge in [0.25, 0.3) is 0 Å². The number of hydrogen-bond acceptors (Lipinski definition) is 8. The molecule has 0 N–H and O–H groups in total. The first-order valence-electron chi connectivity index (χ1n) is 17.9. The van der Waals surface area contributed by atoms with Gasteiger partial charge in [-0.15, -0.1) is 0 Å². The molecule has 4 rings (SSSR count). The Labute approximate surface area is 293 Å². The number of anilines is 2. The average molecular weight is 681 g/mol. The number of nitrogens with zero attached hydrogens (tertiary/aromatic N) is 6. The van der Waals surface area contributed by atoms with Gasteiger partial charge in [0.15, 0.2) is 0 Å². The highest BCUT2D eigenvalue weighted by Crippen LogP contribution is 2.28. The molecule has 0 spiro atoms. The van der Waals surface area contributed by atoms with Crippen molar-refractivity contribution in [2.75, 3.05) is 36.0 Å². The quantitative estimate of drug-likeness (QED) is 0.0686. The Bertz CT molecular complexity index is 1690.